The Bertz CT molecular complexity index is 341. The van der Waals surface area contributed by atoms with Crippen LogP contribution in [0.5, 0.6) is 0 Å². The van der Waals surface area contributed by atoms with E-state index in [0.717, 1.165) is 0 Å². The molecule has 2 rings (SSSR count). The van der Waals surface area contributed by atoms with Gasteiger partial charge in [0.25, 0.3) is 0 Å². The van der Waals surface area contributed by atoms with Gasteiger partial charge in [-0.15, -0.1) is 0 Å². The lowest BCUT2D eigenvalue weighted by Crippen LogP contribution is -1.99. The summed E-state index contributed by atoms with van der Waals surface area (Å²) in [7, 11) is 0. The molecule has 1 unspecified atom stereocenters. The van der Waals surface area contributed by atoms with E-state index >= 15 is 0 Å². The van der Waals surface area contributed by atoms with Crippen molar-refractivity contribution >= 4 is 0 Å². The molecular formula is C7H8N2. The molecule has 0 aromatic carbocycles. The van der Waals surface area contributed by atoms with Crippen LogP contribution >= 0.6 is 0 Å². The average molecular weight is 124 g/mol. The van der Waals surface area contributed by atoms with E-state index in [-0.39, 0.29) is 0 Å². The number of nitrogens with zero attached hydrogens (tertiary/aromatic N) is 1. The summed E-state index contributed by atoms with van der Waals surface area (Å²) in [5.41, 5.74) is 0.847. The lowest BCUT2D eigenvalue weighted by atomic mass is 10.2. The third-order valence-electron chi connectivity index (χ3n) is 1.24. The van der Waals surface area contributed by atoms with Crippen molar-refractivity contribution in [2.75, 3.05) is 0 Å². The summed E-state index contributed by atoms with van der Waals surface area (Å²) >= 11 is 0. The predicted molar refractivity (Wildman–Crippen MR) is 34.8 cm³/mol. The number of hydrogen-bond acceptors (Lipinski definition) is 2. The number of hydrogen-bond donors (Lipinski definition) is 1. The fourth-order valence-electron chi connectivity index (χ4n) is 0.783. The first-order valence-electron chi connectivity index (χ1n) is 4.72. The predicted octanol–water partition coefficient (Wildman–Crippen LogP) is 0.685. The van der Waals surface area contributed by atoms with Crippen molar-refractivity contribution < 1.29 is 5.52 Å². The van der Waals surface area contributed by atoms with E-state index < -0.39 is 13.0 Å². The number of nitrogens with one attached hydrogen (secondary N) is 1. The van der Waals surface area contributed by atoms with Crippen LogP contribution in [0, 0.1) is 0 Å². The van der Waals surface area contributed by atoms with E-state index in [1.165, 1.54) is 18.5 Å². The van der Waals surface area contributed by atoms with Crippen molar-refractivity contribution in [1.29, 1.82) is 0 Å². The van der Waals surface area contributed by atoms with E-state index in [1.807, 2.05) is 0 Å². The zero-order valence-corrected chi connectivity index (χ0v) is 4.70. The van der Waals surface area contributed by atoms with E-state index in [2.05, 4.69) is 4.98 Å². The molecule has 2 heterocycles. The largest absolute Gasteiger partial charge is 0.309 e. The molecule has 1 atom stereocenters. The minimum Gasteiger partial charge on any atom is -0.309 e. The minimum atomic E-state index is -1.87. The van der Waals surface area contributed by atoms with Gasteiger partial charge in [0.2, 0.25) is 0 Å². The molecule has 0 radical (unpaired) electrons. The second-order valence-corrected chi connectivity index (χ2v) is 1.83. The summed E-state index contributed by atoms with van der Waals surface area (Å²) in [4.78, 5) is 3.81. The molecule has 0 amide bonds. The average Bonchev–Trinajstić information content (AvgIpc) is 2.30. The summed E-state index contributed by atoms with van der Waals surface area (Å²) in [6, 6.07) is 1.52. The molecule has 46 valence electrons. The fourth-order valence-corrected chi connectivity index (χ4v) is 0.783. The molecule has 2 heteroatoms. The first-order chi connectivity index (χ1) is 6.05. The molecule has 0 bridgehead atoms. The molecule has 1 N–H and O–H groups in total. The monoisotopic (exact) mass is 124 g/mol. The van der Waals surface area contributed by atoms with E-state index in [1.54, 1.807) is 0 Å². The lowest BCUT2D eigenvalue weighted by Gasteiger charge is -1.90. The van der Waals surface area contributed by atoms with Crippen LogP contribution in [0.2, 0.25) is 1.41 Å². The van der Waals surface area contributed by atoms with Gasteiger partial charge in [-0.1, -0.05) is 0 Å². The maximum atomic E-state index is 7.56. The van der Waals surface area contributed by atoms with Gasteiger partial charge >= 0.3 is 0 Å². The van der Waals surface area contributed by atoms with Gasteiger partial charge in [0.15, 0.2) is 0 Å². The van der Waals surface area contributed by atoms with Crippen molar-refractivity contribution in [2.45, 2.75) is 13.0 Å². The summed E-state index contributed by atoms with van der Waals surface area (Å²) in [6.45, 7) is -2.84. The highest BCUT2D eigenvalue weighted by atomic mass is 14.9. The first-order valence-corrected chi connectivity index (χ1v) is 2.70. The Morgan fingerprint density at radius 1 is 1.78 bits per heavy atom. The van der Waals surface area contributed by atoms with Gasteiger partial charge in [0.1, 0.15) is 1.41 Å². The third kappa shape index (κ3) is 0.715. The molecular weight excluding hydrogens is 112 g/mol. The Morgan fingerprint density at radius 2 is 2.78 bits per heavy atom. The molecule has 1 aliphatic rings. The molecule has 1 aliphatic heterocycles. The van der Waals surface area contributed by atoms with Crippen LogP contribution in [-0.4, -0.2) is 4.98 Å². The van der Waals surface area contributed by atoms with Gasteiger partial charge in [0, 0.05) is 29.5 Å². The maximum Gasteiger partial charge on any atom is 0.123 e. The highest BCUT2D eigenvalue weighted by Crippen LogP contribution is 2.11. The number of rotatable bonds is 0. The second-order valence-electron chi connectivity index (χ2n) is 1.83. The molecule has 0 saturated carbocycles. The van der Waals surface area contributed by atoms with Gasteiger partial charge in [-0.05, 0) is 17.2 Å². The normalized spacial score (nSPS) is 38.0. The van der Waals surface area contributed by atoms with Crippen molar-refractivity contribution in [2.24, 2.45) is 0 Å². The van der Waals surface area contributed by atoms with Crippen LogP contribution in [-0.2, 0) is 13.0 Å². The summed E-state index contributed by atoms with van der Waals surface area (Å²) in [6.07, 6.45) is 2.92. The minimum absolute atomic E-state index is 0.373. The highest BCUT2D eigenvalue weighted by Gasteiger charge is 2.06. The lowest BCUT2D eigenvalue weighted by molar-refractivity contribution is 0.764. The quantitative estimate of drug-likeness (QED) is 0.550. The van der Waals surface area contributed by atoms with Gasteiger partial charge < -0.3 is 5.31 Å². The Morgan fingerprint density at radius 3 is 3.67 bits per heavy atom. The fraction of sp³-hybridized carbons (Fsp3) is 0.286. The summed E-state index contributed by atoms with van der Waals surface area (Å²) in [5, 5.41) is 0.638. The zero-order valence-electron chi connectivity index (χ0n) is 8.70. The van der Waals surface area contributed by atoms with Crippen molar-refractivity contribution in [1.82, 2.24) is 10.3 Å². The molecule has 0 spiro atoms. The SMILES string of the molecule is [2H]C1c2cnccc2C([2H])([2H])N1[2H]. The maximum absolute atomic E-state index is 7.56. The standard InChI is InChI=1S/C7H8N2/c1-2-8-4-7-5-9-3-6(1)7/h1-2,4,9H,3,5H2/i3D2,5D/hD. The first kappa shape index (κ1) is 2.39. The number of pyridine rings is 1. The summed E-state index contributed by atoms with van der Waals surface area (Å²) < 4.78 is 30.0. The van der Waals surface area contributed by atoms with Gasteiger partial charge in [0.05, 0.1) is 0 Å². The molecule has 0 saturated heterocycles. The van der Waals surface area contributed by atoms with E-state index in [9.17, 15) is 0 Å². The summed E-state index contributed by atoms with van der Waals surface area (Å²) in [5.74, 6) is 0. The molecule has 0 aliphatic carbocycles. The Hall–Kier alpha value is -0.890. The van der Waals surface area contributed by atoms with Crippen LogP contribution in [0.25, 0.3) is 0 Å². The molecule has 0 fully saturated rings. The van der Waals surface area contributed by atoms with Crippen LogP contribution in [0.4, 0.5) is 0 Å². The van der Waals surface area contributed by atoms with Crippen molar-refractivity contribution in [3.63, 3.8) is 0 Å². The van der Waals surface area contributed by atoms with E-state index in [4.69, 9.17) is 5.52 Å². The zero-order chi connectivity index (χ0) is 9.64. The van der Waals surface area contributed by atoms with Gasteiger partial charge in [-0.25, -0.2) is 0 Å². The van der Waals surface area contributed by atoms with Gasteiger partial charge in [-0.3, -0.25) is 4.98 Å². The highest BCUT2D eigenvalue weighted by molar-refractivity contribution is 5.26. The smallest absolute Gasteiger partial charge is 0.123 e. The van der Waals surface area contributed by atoms with Crippen LogP contribution in [0.3, 0.4) is 0 Å². The number of aromatic nitrogens is 1. The van der Waals surface area contributed by atoms with E-state index in [0.29, 0.717) is 16.4 Å². The van der Waals surface area contributed by atoms with Crippen LogP contribution < -0.4 is 5.31 Å². The Balaban J connectivity index is 2.61. The second kappa shape index (κ2) is 1.81. The van der Waals surface area contributed by atoms with Crippen LogP contribution in [0.15, 0.2) is 18.5 Å². The molecule has 1 aromatic heterocycles. The Labute approximate surface area is 59.6 Å². The van der Waals surface area contributed by atoms with Crippen LogP contribution in [0.1, 0.15) is 15.2 Å². The molecule has 9 heavy (non-hydrogen) atoms. The van der Waals surface area contributed by atoms with Crippen molar-refractivity contribution in [3.05, 3.63) is 29.6 Å². The topological polar surface area (TPSA) is 24.9 Å². The number of fused-ring (bicyclic) bond motifs is 1. The third-order valence-corrected chi connectivity index (χ3v) is 1.24. The Kier molecular flexibility index (Phi) is 0.480. The molecule has 1 aromatic rings. The van der Waals surface area contributed by atoms with Crippen molar-refractivity contribution in [3.8, 4) is 0 Å². The molecule has 2 nitrogen and oxygen atoms in total. The van der Waals surface area contributed by atoms with Gasteiger partial charge in [-0.2, -0.15) is 0 Å².